The highest BCUT2D eigenvalue weighted by atomic mass is 35.5. The first kappa shape index (κ1) is 18.3. The average molecular weight is 328 g/mol. The summed E-state index contributed by atoms with van der Waals surface area (Å²) in [5.74, 6) is -0.358. The molecular formula is C16H22ClNO4. The number of hydrogen-bond acceptors (Lipinski definition) is 4. The topological polar surface area (TPSA) is 64.6 Å². The van der Waals surface area contributed by atoms with Gasteiger partial charge in [-0.1, -0.05) is 25.4 Å². The number of esters is 1. The Bertz CT molecular complexity index is 545. The standard InChI is InChI=1S/C16H22ClNO4/c1-9(2)14(16(20)21-5)18-15(19)11(4)22-13-7-6-12(17)8-10(13)3/h6-9,11,14H,1-5H3,(H,18,19). The van der Waals surface area contributed by atoms with Crippen molar-refractivity contribution in [1.82, 2.24) is 5.32 Å². The lowest BCUT2D eigenvalue weighted by Crippen LogP contribution is -2.49. The predicted molar refractivity (Wildman–Crippen MR) is 85.1 cm³/mol. The second kappa shape index (κ2) is 8.03. The van der Waals surface area contributed by atoms with Gasteiger partial charge in [0, 0.05) is 5.02 Å². The smallest absolute Gasteiger partial charge is 0.328 e. The normalized spacial score (nSPS) is 13.4. The molecule has 0 aliphatic rings. The number of hydrogen-bond donors (Lipinski definition) is 1. The van der Waals surface area contributed by atoms with Crippen LogP contribution in [-0.2, 0) is 14.3 Å². The predicted octanol–water partition coefficient (Wildman–Crippen LogP) is 2.73. The third-order valence-electron chi connectivity index (χ3n) is 3.23. The molecule has 0 heterocycles. The molecule has 1 amide bonds. The molecule has 0 bridgehead atoms. The molecule has 0 radical (unpaired) electrons. The fourth-order valence-electron chi connectivity index (χ4n) is 1.88. The Kier molecular flexibility index (Phi) is 6.68. The zero-order valence-corrected chi connectivity index (χ0v) is 14.2. The molecule has 0 saturated heterocycles. The molecule has 1 N–H and O–H groups in total. The molecule has 6 heteroatoms. The van der Waals surface area contributed by atoms with Gasteiger partial charge in [-0.05, 0) is 43.5 Å². The third kappa shape index (κ3) is 4.91. The Hall–Kier alpha value is -1.75. The van der Waals surface area contributed by atoms with Gasteiger partial charge >= 0.3 is 5.97 Å². The molecule has 2 atom stereocenters. The van der Waals surface area contributed by atoms with Crippen LogP contribution >= 0.6 is 11.6 Å². The van der Waals surface area contributed by atoms with Gasteiger partial charge in [-0.25, -0.2) is 4.79 Å². The zero-order valence-electron chi connectivity index (χ0n) is 13.5. The van der Waals surface area contributed by atoms with Gasteiger partial charge in [-0.15, -0.1) is 0 Å². The number of methoxy groups -OCH3 is 1. The lowest BCUT2D eigenvalue weighted by molar-refractivity contribution is -0.147. The average Bonchev–Trinajstić information content (AvgIpc) is 2.46. The first-order valence-corrected chi connectivity index (χ1v) is 7.45. The Labute approximate surface area is 135 Å². The van der Waals surface area contributed by atoms with Crippen molar-refractivity contribution in [3.63, 3.8) is 0 Å². The first-order chi connectivity index (χ1) is 10.3. The number of nitrogens with one attached hydrogen (secondary N) is 1. The summed E-state index contributed by atoms with van der Waals surface area (Å²) in [6.07, 6.45) is -0.745. The number of amides is 1. The van der Waals surface area contributed by atoms with Crippen LogP contribution < -0.4 is 10.1 Å². The van der Waals surface area contributed by atoms with E-state index >= 15 is 0 Å². The van der Waals surface area contributed by atoms with Crippen LogP contribution in [0.15, 0.2) is 18.2 Å². The SMILES string of the molecule is COC(=O)C(NC(=O)C(C)Oc1ccc(Cl)cc1C)C(C)C. The molecule has 0 spiro atoms. The second-order valence-corrected chi connectivity index (χ2v) is 5.86. The minimum Gasteiger partial charge on any atom is -0.481 e. The van der Waals surface area contributed by atoms with Gasteiger partial charge in [0.15, 0.2) is 6.10 Å². The second-order valence-electron chi connectivity index (χ2n) is 5.42. The quantitative estimate of drug-likeness (QED) is 0.816. The minimum absolute atomic E-state index is 0.0825. The van der Waals surface area contributed by atoms with E-state index in [0.717, 1.165) is 5.56 Å². The summed E-state index contributed by atoms with van der Waals surface area (Å²) < 4.78 is 10.3. The molecule has 2 unspecified atom stereocenters. The molecule has 1 aromatic rings. The molecule has 1 rings (SSSR count). The molecule has 0 aliphatic heterocycles. The Morgan fingerprint density at radius 3 is 2.36 bits per heavy atom. The first-order valence-electron chi connectivity index (χ1n) is 7.07. The summed E-state index contributed by atoms with van der Waals surface area (Å²) in [5, 5.41) is 3.26. The van der Waals surface area contributed by atoms with E-state index in [1.807, 2.05) is 20.8 Å². The molecule has 22 heavy (non-hydrogen) atoms. The number of rotatable bonds is 6. The van der Waals surface area contributed by atoms with Crippen LogP contribution in [0.5, 0.6) is 5.75 Å². The van der Waals surface area contributed by atoms with E-state index in [2.05, 4.69) is 5.32 Å². The summed E-state index contributed by atoms with van der Waals surface area (Å²) in [4.78, 5) is 23.9. The number of carbonyl (C=O) groups excluding carboxylic acids is 2. The van der Waals surface area contributed by atoms with Gasteiger partial charge in [0.25, 0.3) is 5.91 Å². The molecule has 1 aromatic carbocycles. The molecule has 0 aromatic heterocycles. The van der Waals surface area contributed by atoms with Crippen molar-refractivity contribution < 1.29 is 19.1 Å². The number of benzene rings is 1. The van der Waals surface area contributed by atoms with Crippen molar-refractivity contribution >= 4 is 23.5 Å². The van der Waals surface area contributed by atoms with Gasteiger partial charge in [-0.2, -0.15) is 0 Å². The Balaban J connectivity index is 2.73. The summed E-state index contributed by atoms with van der Waals surface area (Å²) in [5.41, 5.74) is 0.834. The van der Waals surface area contributed by atoms with E-state index in [0.29, 0.717) is 10.8 Å². The maximum absolute atomic E-state index is 12.2. The lowest BCUT2D eigenvalue weighted by Gasteiger charge is -2.22. The summed E-state index contributed by atoms with van der Waals surface area (Å²) in [6, 6.07) is 4.46. The number of aryl methyl sites for hydroxylation is 1. The van der Waals surface area contributed by atoms with E-state index in [-0.39, 0.29) is 11.8 Å². The van der Waals surface area contributed by atoms with Crippen molar-refractivity contribution in [1.29, 1.82) is 0 Å². The van der Waals surface area contributed by atoms with Crippen LogP contribution in [0.3, 0.4) is 0 Å². The molecule has 0 aliphatic carbocycles. The zero-order chi connectivity index (χ0) is 16.9. The molecule has 122 valence electrons. The maximum Gasteiger partial charge on any atom is 0.328 e. The van der Waals surface area contributed by atoms with Crippen LogP contribution in [0.4, 0.5) is 0 Å². The van der Waals surface area contributed by atoms with Crippen molar-refractivity contribution in [2.24, 2.45) is 5.92 Å². The van der Waals surface area contributed by atoms with Crippen LogP contribution in [-0.4, -0.2) is 31.1 Å². The third-order valence-corrected chi connectivity index (χ3v) is 3.46. The van der Waals surface area contributed by atoms with Crippen molar-refractivity contribution in [2.45, 2.75) is 39.8 Å². The summed E-state index contributed by atoms with van der Waals surface area (Å²) >= 11 is 5.88. The van der Waals surface area contributed by atoms with Crippen LogP contribution in [0.1, 0.15) is 26.3 Å². The van der Waals surface area contributed by atoms with Crippen LogP contribution in [0.2, 0.25) is 5.02 Å². The van der Waals surface area contributed by atoms with E-state index in [1.54, 1.807) is 25.1 Å². The van der Waals surface area contributed by atoms with Gasteiger partial charge in [0.05, 0.1) is 7.11 Å². The fourth-order valence-corrected chi connectivity index (χ4v) is 2.11. The lowest BCUT2D eigenvalue weighted by atomic mass is 10.0. The Morgan fingerprint density at radius 1 is 1.23 bits per heavy atom. The van der Waals surface area contributed by atoms with E-state index in [1.165, 1.54) is 7.11 Å². The molecule has 0 fully saturated rings. The van der Waals surface area contributed by atoms with Gasteiger partial charge in [0.1, 0.15) is 11.8 Å². The number of halogens is 1. The van der Waals surface area contributed by atoms with Crippen LogP contribution in [0.25, 0.3) is 0 Å². The van der Waals surface area contributed by atoms with Gasteiger partial charge < -0.3 is 14.8 Å². The Morgan fingerprint density at radius 2 is 1.86 bits per heavy atom. The van der Waals surface area contributed by atoms with Crippen molar-refractivity contribution in [2.75, 3.05) is 7.11 Å². The summed E-state index contributed by atoms with van der Waals surface area (Å²) in [7, 11) is 1.29. The largest absolute Gasteiger partial charge is 0.481 e. The number of ether oxygens (including phenoxy) is 2. The maximum atomic E-state index is 12.2. The van der Waals surface area contributed by atoms with Gasteiger partial charge in [-0.3, -0.25) is 4.79 Å². The van der Waals surface area contributed by atoms with Gasteiger partial charge in [0.2, 0.25) is 0 Å². The highest BCUT2D eigenvalue weighted by Gasteiger charge is 2.27. The molecule has 5 nitrogen and oxygen atoms in total. The van der Waals surface area contributed by atoms with Crippen molar-refractivity contribution in [3.8, 4) is 5.75 Å². The molecular weight excluding hydrogens is 306 g/mol. The van der Waals surface area contributed by atoms with E-state index in [9.17, 15) is 9.59 Å². The monoisotopic (exact) mass is 327 g/mol. The number of carbonyl (C=O) groups is 2. The van der Waals surface area contributed by atoms with Crippen LogP contribution in [0, 0.1) is 12.8 Å². The highest BCUT2D eigenvalue weighted by molar-refractivity contribution is 6.30. The minimum atomic E-state index is -0.745. The highest BCUT2D eigenvalue weighted by Crippen LogP contribution is 2.22. The summed E-state index contributed by atoms with van der Waals surface area (Å²) in [6.45, 7) is 7.13. The van der Waals surface area contributed by atoms with E-state index in [4.69, 9.17) is 21.1 Å². The molecule has 0 saturated carbocycles. The van der Waals surface area contributed by atoms with E-state index < -0.39 is 18.1 Å². The van der Waals surface area contributed by atoms with Crippen molar-refractivity contribution in [3.05, 3.63) is 28.8 Å². The fraction of sp³-hybridized carbons (Fsp3) is 0.500.